The molecule has 31 heavy (non-hydrogen) atoms. The number of thiophene rings is 1. The lowest BCUT2D eigenvalue weighted by Crippen LogP contribution is -2.42. The van der Waals surface area contributed by atoms with Crippen LogP contribution in [0.3, 0.4) is 0 Å². The SMILES string of the molecule is COc1ccccc1C(=O)N1CCO[C@@H](c2c(C(=O)NC(C)C)sc3ccccc23)C1. The van der Waals surface area contributed by atoms with Crippen molar-refractivity contribution in [1.29, 1.82) is 0 Å². The predicted octanol–water partition coefficient (Wildman–Crippen LogP) is 4.26. The maximum atomic E-state index is 13.2. The van der Waals surface area contributed by atoms with Crippen molar-refractivity contribution in [2.24, 2.45) is 0 Å². The van der Waals surface area contributed by atoms with Crippen LogP contribution in [0.1, 0.15) is 45.5 Å². The molecule has 2 aromatic carbocycles. The molecule has 1 saturated heterocycles. The van der Waals surface area contributed by atoms with E-state index in [9.17, 15) is 9.59 Å². The van der Waals surface area contributed by atoms with Crippen LogP contribution in [0.2, 0.25) is 0 Å². The standard InChI is InChI=1S/C24H26N2O4S/c1-15(2)25-23(27)22-21(17-9-5-7-11-20(17)31-22)19-14-26(12-13-30-19)24(28)16-8-4-6-10-18(16)29-3/h4-11,15,19H,12-14H2,1-3H3,(H,25,27)/t19-/m1/s1. The summed E-state index contributed by atoms with van der Waals surface area (Å²) in [6, 6.07) is 15.2. The number of hydrogen-bond acceptors (Lipinski definition) is 5. The zero-order chi connectivity index (χ0) is 22.0. The Morgan fingerprint density at radius 2 is 1.90 bits per heavy atom. The number of methoxy groups -OCH3 is 1. The Labute approximate surface area is 185 Å². The van der Waals surface area contributed by atoms with Crippen LogP contribution in [0.5, 0.6) is 5.75 Å². The first-order valence-electron chi connectivity index (χ1n) is 10.4. The van der Waals surface area contributed by atoms with Crippen LogP contribution in [0.4, 0.5) is 0 Å². The van der Waals surface area contributed by atoms with Gasteiger partial charge in [-0.25, -0.2) is 0 Å². The molecule has 162 valence electrons. The zero-order valence-corrected chi connectivity index (χ0v) is 18.7. The maximum absolute atomic E-state index is 13.2. The minimum atomic E-state index is -0.378. The molecule has 0 radical (unpaired) electrons. The lowest BCUT2D eigenvalue weighted by molar-refractivity contribution is -0.0223. The van der Waals surface area contributed by atoms with E-state index in [2.05, 4.69) is 5.32 Å². The molecule has 1 aliphatic rings. The first-order valence-corrected chi connectivity index (χ1v) is 11.2. The summed E-state index contributed by atoms with van der Waals surface area (Å²) >= 11 is 1.46. The fraction of sp³-hybridized carbons (Fsp3) is 0.333. The number of rotatable bonds is 5. The van der Waals surface area contributed by atoms with Gasteiger partial charge in [-0.1, -0.05) is 30.3 Å². The normalized spacial score (nSPS) is 16.5. The van der Waals surface area contributed by atoms with Gasteiger partial charge in [-0.05, 0) is 37.4 Å². The lowest BCUT2D eigenvalue weighted by atomic mass is 10.0. The fourth-order valence-electron chi connectivity index (χ4n) is 3.88. The van der Waals surface area contributed by atoms with Crippen molar-refractivity contribution in [2.75, 3.05) is 26.8 Å². The second kappa shape index (κ2) is 9.08. The maximum Gasteiger partial charge on any atom is 0.261 e. The monoisotopic (exact) mass is 438 g/mol. The third-order valence-corrected chi connectivity index (χ3v) is 6.46. The molecular weight excluding hydrogens is 412 g/mol. The van der Waals surface area contributed by atoms with E-state index in [4.69, 9.17) is 9.47 Å². The average molecular weight is 439 g/mol. The molecule has 1 aromatic heterocycles. The fourth-order valence-corrected chi connectivity index (χ4v) is 5.04. The van der Waals surface area contributed by atoms with Gasteiger partial charge in [0.25, 0.3) is 11.8 Å². The number of benzene rings is 2. The zero-order valence-electron chi connectivity index (χ0n) is 17.9. The summed E-state index contributed by atoms with van der Waals surface area (Å²) in [7, 11) is 1.56. The molecule has 1 atom stereocenters. The van der Waals surface area contributed by atoms with Gasteiger partial charge in [0.15, 0.2) is 0 Å². The number of nitrogens with zero attached hydrogens (tertiary/aromatic N) is 1. The molecule has 1 fully saturated rings. The van der Waals surface area contributed by atoms with Gasteiger partial charge < -0.3 is 19.7 Å². The van der Waals surface area contributed by atoms with Crippen LogP contribution in [0.25, 0.3) is 10.1 Å². The molecule has 7 heteroatoms. The topological polar surface area (TPSA) is 67.9 Å². The number of hydrogen-bond donors (Lipinski definition) is 1. The first-order chi connectivity index (χ1) is 15.0. The van der Waals surface area contributed by atoms with Crippen LogP contribution >= 0.6 is 11.3 Å². The highest BCUT2D eigenvalue weighted by molar-refractivity contribution is 7.21. The molecule has 2 heterocycles. The summed E-state index contributed by atoms with van der Waals surface area (Å²) in [4.78, 5) is 28.6. The first kappa shape index (κ1) is 21.3. The van der Waals surface area contributed by atoms with Gasteiger partial charge in [-0.3, -0.25) is 9.59 Å². The van der Waals surface area contributed by atoms with E-state index in [0.29, 0.717) is 35.9 Å². The van der Waals surface area contributed by atoms with Gasteiger partial charge in [0.05, 0.1) is 30.7 Å². The van der Waals surface area contributed by atoms with Gasteiger partial charge in [0.1, 0.15) is 11.9 Å². The van der Waals surface area contributed by atoms with E-state index in [1.54, 1.807) is 24.1 Å². The Morgan fingerprint density at radius 3 is 2.68 bits per heavy atom. The van der Waals surface area contributed by atoms with Gasteiger partial charge >= 0.3 is 0 Å². The summed E-state index contributed by atoms with van der Waals surface area (Å²) in [5.74, 6) is 0.343. The van der Waals surface area contributed by atoms with Crippen LogP contribution in [0.15, 0.2) is 48.5 Å². The molecule has 3 aromatic rings. The Kier molecular flexibility index (Phi) is 6.25. The van der Waals surface area contributed by atoms with Crippen molar-refractivity contribution >= 4 is 33.2 Å². The number of nitrogens with one attached hydrogen (secondary N) is 1. The molecule has 0 spiro atoms. The van der Waals surface area contributed by atoms with Gasteiger partial charge in [-0.2, -0.15) is 0 Å². The molecular formula is C24H26N2O4S. The highest BCUT2D eigenvalue weighted by Crippen LogP contribution is 2.38. The van der Waals surface area contributed by atoms with E-state index in [-0.39, 0.29) is 24.0 Å². The third-order valence-electron chi connectivity index (χ3n) is 5.27. The van der Waals surface area contributed by atoms with Crippen molar-refractivity contribution in [3.05, 3.63) is 64.5 Å². The smallest absolute Gasteiger partial charge is 0.261 e. The predicted molar refractivity (Wildman–Crippen MR) is 122 cm³/mol. The minimum absolute atomic E-state index is 0.0291. The molecule has 0 aliphatic carbocycles. The molecule has 0 bridgehead atoms. The molecule has 1 N–H and O–H groups in total. The van der Waals surface area contributed by atoms with Crippen molar-refractivity contribution < 1.29 is 19.1 Å². The van der Waals surface area contributed by atoms with Crippen molar-refractivity contribution in [2.45, 2.75) is 26.0 Å². The van der Waals surface area contributed by atoms with Crippen molar-refractivity contribution in [3.63, 3.8) is 0 Å². The number of fused-ring (bicyclic) bond motifs is 1. The van der Waals surface area contributed by atoms with Crippen LogP contribution in [0, 0.1) is 0 Å². The van der Waals surface area contributed by atoms with Crippen LogP contribution in [-0.2, 0) is 4.74 Å². The third kappa shape index (κ3) is 4.29. The van der Waals surface area contributed by atoms with Gasteiger partial charge in [-0.15, -0.1) is 11.3 Å². The minimum Gasteiger partial charge on any atom is -0.496 e. The van der Waals surface area contributed by atoms with E-state index in [1.165, 1.54) is 11.3 Å². The van der Waals surface area contributed by atoms with Gasteiger partial charge in [0.2, 0.25) is 0 Å². The largest absolute Gasteiger partial charge is 0.496 e. The summed E-state index contributed by atoms with van der Waals surface area (Å²) in [6.07, 6.45) is -0.378. The second-order valence-electron chi connectivity index (χ2n) is 7.78. The molecule has 1 aliphatic heterocycles. The highest BCUT2D eigenvalue weighted by Gasteiger charge is 2.32. The van der Waals surface area contributed by atoms with Crippen molar-refractivity contribution in [1.82, 2.24) is 10.2 Å². The summed E-state index contributed by atoms with van der Waals surface area (Å²) in [5, 5.41) is 3.99. The van der Waals surface area contributed by atoms with Gasteiger partial charge in [0, 0.05) is 22.8 Å². The average Bonchev–Trinajstić information content (AvgIpc) is 3.18. The quantitative estimate of drug-likeness (QED) is 0.646. The Bertz CT molecular complexity index is 1110. The summed E-state index contributed by atoms with van der Waals surface area (Å²) in [5.41, 5.74) is 1.38. The Hall–Kier alpha value is -2.90. The number of amides is 2. The lowest BCUT2D eigenvalue weighted by Gasteiger charge is -2.33. The van der Waals surface area contributed by atoms with Crippen molar-refractivity contribution in [3.8, 4) is 5.75 Å². The van der Waals surface area contributed by atoms with E-state index < -0.39 is 0 Å². The molecule has 2 amide bonds. The van der Waals surface area contributed by atoms with E-state index in [0.717, 1.165) is 15.6 Å². The summed E-state index contributed by atoms with van der Waals surface area (Å²) < 4.78 is 12.5. The second-order valence-corrected chi connectivity index (χ2v) is 8.83. The number of carbonyl (C=O) groups excluding carboxylic acids is 2. The number of morpholine rings is 1. The molecule has 4 rings (SSSR count). The molecule has 6 nitrogen and oxygen atoms in total. The van der Waals surface area contributed by atoms with E-state index >= 15 is 0 Å². The van der Waals surface area contributed by atoms with Crippen LogP contribution < -0.4 is 10.1 Å². The molecule has 0 saturated carbocycles. The number of ether oxygens (including phenoxy) is 2. The van der Waals surface area contributed by atoms with Crippen LogP contribution in [-0.4, -0.2) is 49.6 Å². The summed E-state index contributed by atoms with van der Waals surface area (Å²) in [6.45, 7) is 5.15. The van der Waals surface area contributed by atoms with E-state index in [1.807, 2.05) is 50.2 Å². The Balaban J connectivity index is 1.68. The Morgan fingerprint density at radius 1 is 1.16 bits per heavy atom. The number of para-hydroxylation sites is 1. The highest BCUT2D eigenvalue weighted by atomic mass is 32.1. The molecule has 0 unspecified atom stereocenters. The number of carbonyl (C=O) groups is 2.